The summed E-state index contributed by atoms with van der Waals surface area (Å²) in [5.74, 6) is 2.16. The molecule has 0 saturated carbocycles. The molecule has 21 heavy (non-hydrogen) atoms. The first-order valence-electron chi connectivity index (χ1n) is 6.83. The van der Waals surface area contributed by atoms with Gasteiger partial charge in [-0.15, -0.1) is 0 Å². The molecule has 3 rings (SSSR count). The quantitative estimate of drug-likeness (QED) is 0.891. The number of furan rings is 1. The summed E-state index contributed by atoms with van der Waals surface area (Å²) >= 11 is 3.33. The number of likely N-dealkylation sites (tertiary alicyclic amines) is 1. The molecule has 2 aromatic rings. The Bertz CT molecular complexity index is 604. The highest BCUT2D eigenvalue weighted by atomic mass is 79.9. The zero-order chi connectivity index (χ0) is 14.7. The van der Waals surface area contributed by atoms with E-state index in [1.807, 2.05) is 12.1 Å². The first kappa shape index (κ1) is 14.3. The van der Waals surface area contributed by atoms with Crippen molar-refractivity contribution in [2.45, 2.75) is 19.0 Å². The van der Waals surface area contributed by atoms with Crippen LogP contribution < -0.4 is 10.1 Å². The average molecular weight is 353 g/mol. The number of aromatic nitrogens is 2. The van der Waals surface area contributed by atoms with Gasteiger partial charge in [-0.3, -0.25) is 4.90 Å². The summed E-state index contributed by atoms with van der Waals surface area (Å²) in [6, 6.07) is 6.00. The third-order valence-corrected chi connectivity index (χ3v) is 3.88. The number of hydrogen-bond acceptors (Lipinski definition) is 6. The number of nitrogens with one attached hydrogen (secondary N) is 1. The molecule has 0 spiro atoms. The van der Waals surface area contributed by atoms with Crippen LogP contribution in [-0.2, 0) is 6.54 Å². The molecular formula is C14H17BrN4O2. The van der Waals surface area contributed by atoms with E-state index in [-0.39, 0.29) is 0 Å². The fourth-order valence-corrected chi connectivity index (χ4v) is 2.80. The summed E-state index contributed by atoms with van der Waals surface area (Å²) in [6.45, 7) is 2.79. The van der Waals surface area contributed by atoms with Crippen molar-refractivity contribution in [3.63, 3.8) is 0 Å². The summed E-state index contributed by atoms with van der Waals surface area (Å²) in [5, 5.41) is 3.35. The number of hydrogen-bond donors (Lipinski definition) is 1. The van der Waals surface area contributed by atoms with Crippen molar-refractivity contribution in [3.8, 4) is 5.88 Å². The van der Waals surface area contributed by atoms with Crippen LogP contribution in [0.25, 0.3) is 0 Å². The predicted molar refractivity (Wildman–Crippen MR) is 82.3 cm³/mol. The van der Waals surface area contributed by atoms with Gasteiger partial charge in [0.15, 0.2) is 4.67 Å². The molecule has 2 aromatic heterocycles. The van der Waals surface area contributed by atoms with Gasteiger partial charge in [0.05, 0.1) is 13.7 Å². The lowest BCUT2D eigenvalue weighted by molar-refractivity contribution is 0.293. The average Bonchev–Trinajstić information content (AvgIpc) is 3.09. The molecule has 0 radical (unpaired) electrons. The Hall–Kier alpha value is -1.60. The van der Waals surface area contributed by atoms with Crippen molar-refractivity contribution in [2.24, 2.45) is 0 Å². The predicted octanol–water partition coefficient (Wildman–Crippen LogP) is 2.53. The van der Waals surface area contributed by atoms with Gasteiger partial charge >= 0.3 is 0 Å². The Morgan fingerprint density at radius 2 is 2.38 bits per heavy atom. The van der Waals surface area contributed by atoms with Crippen molar-refractivity contribution >= 4 is 21.9 Å². The van der Waals surface area contributed by atoms with Crippen LogP contribution >= 0.6 is 15.9 Å². The van der Waals surface area contributed by atoms with Gasteiger partial charge in [-0.05, 0) is 34.5 Å². The second-order valence-electron chi connectivity index (χ2n) is 4.99. The van der Waals surface area contributed by atoms with E-state index in [9.17, 15) is 0 Å². The fourth-order valence-electron chi connectivity index (χ4n) is 2.46. The molecule has 0 aromatic carbocycles. The molecule has 1 unspecified atom stereocenters. The van der Waals surface area contributed by atoms with E-state index >= 15 is 0 Å². The highest BCUT2D eigenvalue weighted by molar-refractivity contribution is 9.10. The molecule has 7 heteroatoms. The van der Waals surface area contributed by atoms with Crippen molar-refractivity contribution in [2.75, 3.05) is 25.5 Å². The molecule has 6 nitrogen and oxygen atoms in total. The summed E-state index contributed by atoms with van der Waals surface area (Å²) in [5.41, 5.74) is 0. The Morgan fingerprint density at radius 3 is 3.14 bits per heavy atom. The van der Waals surface area contributed by atoms with Gasteiger partial charge in [-0.2, -0.15) is 4.98 Å². The monoisotopic (exact) mass is 352 g/mol. The van der Waals surface area contributed by atoms with E-state index in [1.54, 1.807) is 19.4 Å². The largest absolute Gasteiger partial charge is 0.481 e. The normalized spacial score (nSPS) is 18.9. The molecule has 112 valence electrons. The molecule has 1 saturated heterocycles. The number of rotatable bonds is 5. The first-order chi connectivity index (χ1) is 10.2. The lowest BCUT2D eigenvalue weighted by Gasteiger charge is -2.15. The SMILES string of the molecule is COc1ccnc(NC2CCN(Cc3ccc(Br)o3)C2)n1. The second-order valence-corrected chi connectivity index (χ2v) is 5.78. The Balaban J connectivity index is 1.54. The Kier molecular flexibility index (Phi) is 4.40. The number of nitrogens with zero attached hydrogens (tertiary/aromatic N) is 3. The van der Waals surface area contributed by atoms with Gasteiger partial charge in [-0.1, -0.05) is 0 Å². The molecular weight excluding hydrogens is 336 g/mol. The Morgan fingerprint density at radius 1 is 1.48 bits per heavy atom. The van der Waals surface area contributed by atoms with E-state index in [0.29, 0.717) is 17.9 Å². The van der Waals surface area contributed by atoms with Gasteiger partial charge < -0.3 is 14.5 Å². The zero-order valence-corrected chi connectivity index (χ0v) is 13.3. The van der Waals surface area contributed by atoms with Gasteiger partial charge in [0.2, 0.25) is 11.8 Å². The zero-order valence-electron chi connectivity index (χ0n) is 11.8. The molecule has 1 atom stereocenters. The number of methoxy groups -OCH3 is 1. The molecule has 1 aliphatic rings. The molecule has 0 aliphatic carbocycles. The summed E-state index contributed by atoms with van der Waals surface area (Å²) < 4.78 is 11.4. The van der Waals surface area contributed by atoms with E-state index in [4.69, 9.17) is 9.15 Å². The number of halogens is 1. The first-order valence-corrected chi connectivity index (χ1v) is 7.62. The van der Waals surface area contributed by atoms with Crippen LogP contribution in [0, 0.1) is 0 Å². The molecule has 1 fully saturated rings. The summed E-state index contributed by atoms with van der Waals surface area (Å²) in [4.78, 5) is 10.8. The van der Waals surface area contributed by atoms with Crippen LogP contribution in [0.4, 0.5) is 5.95 Å². The number of anilines is 1. The minimum atomic E-state index is 0.343. The smallest absolute Gasteiger partial charge is 0.226 e. The fraction of sp³-hybridized carbons (Fsp3) is 0.429. The molecule has 0 bridgehead atoms. The molecule has 3 heterocycles. The summed E-state index contributed by atoms with van der Waals surface area (Å²) in [6.07, 6.45) is 2.75. The highest BCUT2D eigenvalue weighted by Crippen LogP contribution is 2.20. The van der Waals surface area contributed by atoms with E-state index < -0.39 is 0 Å². The van der Waals surface area contributed by atoms with E-state index in [0.717, 1.165) is 36.5 Å². The van der Waals surface area contributed by atoms with Crippen LogP contribution in [0.15, 0.2) is 33.5 Å². The summed E-state index contributed by atoms with van der Waals surface area (Å²) in [7, 11) is 1.60. The Labute approximate surface area is 131 Å². The lowest BCUT2D eigenvalue weighted by Crippen LogP contribution is -2.26. The van der Waals surface area contributed by atoms with Crippen molar-refractivity contribution in [3.05, 3.63) is 34.8 Å². The van der Waals surface area contributed by atoms with Crippen molar-refractivity contribution < 1.29 is 9.15 Å². The van der Waals surface area contributed by atoms with E-state index in [2.05, 4.69) is 36.1 Å². The third kappa shape index (κ3) is 3.74. The van der Waals surface area contributed by atoms with Gasteiger partial charge in [-0.25, -0.2) is 4.98 Å². The van der Waals surface area contributed by atoms with Crippen LogP contribution in [-0.4, -0.2) is 41.1 Å². The van der Waals surface area contributed by atoms with Crippen LogP contribution in [0.5, 0.6) is 5.88 Å². The minimum Gasteiger partial charge on any atom is -0.481 e. The van der Waals surface area contributed by atoms with Gasteiger partial charge in [0.1, 0.15) is 5.76 Å². The molecule has 1 N–H and O–H groups in total. The lowest BCUT2D eigenvalue weighted by atomic mass is 10.3. The maximum Gasteiger partial charge on any atom is 0.226 e. The molecule has 0 amide bonds. The maximum atomic E-state index is 5.54. The maximum absolute atomic E-state index is 5.54. The van der Waals surface area contributed by atoms with Crippen LogP contribution in [0.3, 0.4) is 0 Å². The van der Waals surface area contributed by atoms with Crippen molar-refractivity contribution in [1.82, 2.24) is 14.9 Å². The minimum absolute atomic E-state index is 0.343. The topological polar surface area (TPSA) is 63.4 Å². The number of ether oxygens (including phenoxy) is 1. The third-order valence-electron chi connectivity index (χ3n) is 3.45. The van der Waals surface area contributed by atoms with Gasteiger partial charge in [0.25, 0.3) is 0 Å². The highest BCUT2D eigenvalue weighted by Gasteiger charge is 2.23. The van der Waals surface area contributed by atoms with Gasteiger partial charge in [0, 0.05) is 31.4 Å². The second kappa shape index (κ2) is 6.44. The molecule has 1 aliphatic heterocycles. The van der Waals surface area contributed by atoms with Crippen LogP contribution in [0.2, 0.25) is 0 Å². The van der Waals surface area contributed by atoms with E-state index in [1.165, 1.54) is 0 Å². The van der Waals surface area contributed by atoms with Crippen LogP contribution in [0.1, 0.15) is 12.2 Å². The standard InChI is InChI=1S/C14H17BrN4O2/c1-20-13-4-6-16-14(18-13)17-10-5-7-19(8-10)9-11-2-3-12(15)21-11/h2-4,6,10H,5,7-9H2,1H3,(H,16,17,18). The van der Waals surface area contributed by atoms with Crippen molar-refractivity contribution in [1.29, 1.82) is 0 Å².